The monoisotopic (exact) mass is 339 g/mol. The van der Waals surface area contributed by atoms with E-state index in [0.717, 1.165) is 5.52 Å². The SMILES string of the molecule is COC(=O)C1CN(S(C)(=O)=NC(=O)c2cc3occc3n2C)C1. The molecule has 0 saturated carbocycles. The van der Waals surface area contributed by atoms with Gasteiger partial charge in [-0.2, -0.15) is 0 Å². The molecule has 2 aromatic heterocycles. The zero-order chi connectivity index (χ0) is 16.8. The highest BCUT2D eigenvalue weighted by atomic mass is 32.2. The summed E-state index contributed by atoms with van der Waals surface area (Å²) in [4.78, 5) is 23.7. The molecule has 1 fully saturated rings. The largest absolute Gasteiger partial charge is 0.469 e. The molecular weight excluding hydrogens is 322 g/mol. The Morgan fingerprint density at radius 1 is 1.43 bits per heavy atom. The van der Waals surface area contributed by atoms with Gasteiger partial charge >= 0.3 is 11.9 Å². The molecule has 23 heavy (non-hydrogen) atoms. The third kappa shape index (κ3) is 2.66. The molecule has 0 bridgehead atoms. The fraction of sp³-hybridized carbons (Fsp3) is 0.429. The number of esters is 1. The van der Waals surface area contributed by atoms with Crippen molar-refractivity contribution in [3.8, 4) is 0 Å². The molecule has 0 aliphatic carbocycles. The summed E-state index contributed by atoms with van der Waals surface area (Å²) in [5, 5.41) is 0. The number of carbonyl (C=O) groups excluding carboxylic acids is 2. The van der Waals surface area contributed by atoms with Crippen molar-refractivity contribution < 1.29 is 23.0 Å². The maximum absolute atomic E-state index is 12.6. The minimum Gasteiger partial charge on any atom is -0.469 e. The van der Waals surface area contributed by atoms with Crippen LogP contribution in [0, 0.1) is 5.92 Å². The molecule has 124 valence electrons. The summed E-state index contributed by atoms with van der Waals surface area (Å²) < 4.78 is 29.5. The van der Waals surface area contributed by atoms with Crippen molar-refractivity contribution in [3.63, 3.8) is 0 Å². The Bertz CT molecular complexity index is 897. The van der Waals surface area contributed by atoms with Crippen molar-refractivity contribution in [2.75, 3.05) is 26.5 Å². The molecule has 1 amide bonds. The van der Waals surface area contributed by atoms with E-state index in [-0.39, 0.29) is 25.0 Å². The summed E-state index contributed by atoms with van der Waals surface area (Å²) in [6, 6.07) is 3.32. The van der Waals surface area contributed by atoms with Gasteiger partial charge in [0.2, 0.25) is 0 Å². The molecule has 1 atom stereocenters. The number of amides is 1. The molecule has 8 nitrogen and oxygen atoms in total. The summed E-state index contributed by atoms with van der Waals surface area (Å²) in [6.45, 7) is 0.544. The fourth-order valence-corrected chi connectivity index (χ4v) is 3.97. The molecule has 0 N–H and O–H groups in total. The molecule has 9 heteroatoms. The lowest BCUT2D eigenvalue weighted by atomic mass is 10.0. The zero-order valence-electron chi connectivity index (χ0n) is 13.0. The maximum atomic E-state index is 12.6. The van der Waals surface area contributed by atoms with Crippen LogP contribution >= 0.6 is 0 Å². The first kappa shape index (κ1) is 15.8. The van der Waals surface area contributed by atoms with Gasteiger partial charge in [-0.3, -0.25) is 9.59 Å². The Morgan fingerprint density at radius 2 is 2.13 bits per heavy atom. The molecule has 0 radical (unpaired) electrons. The highest BCUT2D eigenvalue weighted by Gasteiger charge is 2.38. The van der Waals surface area contributed by atoms with E-state index in [0.29, 0.717) is 11.3 Å². The van der Waals surface area contributed by atoms with Crippen molar-refractivity contribution in [2.45, 2.75) is 0 Å². The molecule has 1 saturated heterocycles. The highest BCUT2D eigenvalue weighted by Crippen LogP contribution is 2.23. The third-order valence-corrected chi connectivity index (χ3v) is 5.76. The van der Waals surface area contributed by atoms with E-state index in [1.165, 1.54) is 23.9 Å². The summed E-state index contributed by atoms with van der Waals surface area (Å²) >= 11 is 0. The topological polar surface area (TPSA) is 94.1 Å². The van der Waals surface area contributed by atoms with Crippen LogP contribution < -0.4 is 0 Å². The number of rotatable bonds is 3. The number of nitrogens with zero attached hydrogens (tertiary/aromatic N) is 3. The average Bonchev–Trinajstić information content (AvgIpc) is 2.99. The van der Waals surface area contributed by atoms with Crippen LogP contribution in [0.2, 0.25) is 0 Å². The van der Waals surface area contributed by atoms with E-state index in [2.05, 4.69) is 9.10 Å². The molecule has 0 aromatic carbocycles. The maximum Gasteiger partial charge on any atom is 0.311 e. The van der Waals surface area contributed by atoms with Crippen molar-refractivity contribution in [1.82, 2.24) is 8.87 Å². The summed E-state index contributed by atoms with van der Waals surface area (Å²) in [5.41, 5.74) is 1.64. The Labute approximate surface area is 133 Å². The predicted molar refractivity (Wildman–Crippen MR) is 83.1 cm³/mol. The number of methoxy groups -OCH3 is 1. The van der Waals surface area contributed by atoms with E-state index >= 15 is 0 Å². The number of hydrogen-bond acceptors (Lipinski definition) is 5. The van der Waals surface area contributed by atoms with Crippen LogP contribution in [0.4, 0.5) is 0 Å². The first-order chi connectivity index (χ1) is 10.8. The van der Waals surface area contributed by atoms with Gasteiger partial charge in [0.25, 0.3) is 0 Å². The number of carbonyl (C=O) groups is 2. The molecule has 1 aliphatic rings. The lowest BCUT2D eigenvalue weighted by Crippen LogP contribution is -2.52. The lowest BCUT2D eigenvalue weighted by Gasteiger charge is -2.37. The second kappa shape index (κ2) is 5.50. The fourth-order valence-electron chi connectivity index (χ4n) is 2.54. The first-order valence-electron chi connectivity index (χ1n) is 6.96. The van der Waals surface area contributed by atoms with Gasteiger partial charge in [-0.15, -0.1) is 4.36 Å². The summed E-state index contributed by atoms with van der Waals surface area (Å²) in [6.07, 6.45) is 2.93. The Kier molecular flexibility index (Phi) is 3.77. The standard InChI is InChI=1S/C14H17N3O5S/c1-16-10-4-5-22-12(10)6-11(16)13(18)15-23(3,20)17-7-9(8-17)14(19)21-2/h4-6,9H,7-8H2,1-3H3. The van der Waals surface area contributed by atoms with Gasteiger partial charge < -0.3 is 13.7 Å². The molecule has 1 unspecified atom stereocenters. The number of hydrogen-bond donors (Lipinski definition) is 0. The third-order valence-electron chi connectivity index (χ3n) is 4.00. The van der Waals surface area contributed by atoms with E-state index in [1.54, 1.807) is 23.7 Å². The molecular formula is C14H17N3O5S. The van der Waals surface area contributed by atoms with Crippen LogP contribution in [0.15, 0.2) is 27.2 Å². The van der Waals surface area contributed by atoms with E-state index < -0.39 is 15.8 Å². The van der Waals surface area contributed by atoms with Crippen LogP contribution in [0.25, 0.3) is 11.1 Å². The van der Waals surface area contributed by atoms with Gasteiger partial charge in [-0.25, -0.2) is 8.51 Å². The Morgan fingerprint density at radius 3 is 2.74 bits per heavy atom. The predicted octanol–water partition coefficient (Wildman–Crippen LogP) is 1.03. The van der Waals surface area contributed by atoms with Crippen LogP contribution in [0.5, 0.6) is 0 Å². The van der Waals surface area contributed by atoms with Gasteiger partial charge in [0.15, 0.2) is 5.58 Å². The van der Waals surface area contributed by atoms with Crippen molar-refractivity contribution in [2.24, 2.45) is 17.3 Å². The van der Waals surface area contributed by atoms with Gasteiger partial charge in [0.05, 0.1) is 24.8 Å². The summed E-state index contributed by atoms with van der Waals surface area (Å²) in [5.74, 6) is -1.23. The van der Waals surface area contributed by atoms with Crippen LogP contribution in [-0.4, -0.2) is 51.4 Å². The van der Waals surface area contributed by atoms with Gasteiger partial charge in [-0.1, -0.05) is 0 Å². The minimum atomic E-state index is -2.88. The molecule has 1 aliphatic heterocycles. The normalized spacial score (nSPS) is 18.4. The molecule has 0 spiro atoms. The number of ether oxygens (including phenoxy) is 1. The number of fused-ring (bicyclic) bond motifs is 1. The quantitative estimate of drug-likeness (QED) is 0.779. The van der Waals surface area contributed by atoms with Gasteiger partial charge in [0, 0.05) is 38.5 Å². The van der Waals surface area contributed by atoms with Crippen LogP contribution in [-0.2, 0) is 26.5 Å². The lowest BCUT2D eigenvalue weighted by molar-refractivity contribution is -0.149. The minimum absolute atomic E-state index is 0.272. The number of aryl methyl sites for hydroxylation is 1. The average molecular weight is 339 g/mol. The first-order valence-corrected chi connectivity index (χ1v) is 8.84. The van der Waals surface area contributed by atoms with Crippen molar-refractivity contribution in [3.05, 3.63) is 24.1 Å². The zero-order valence-corrected chi connectivity index (χ0v) is 13.8. The second-order valence-electron chi connectivity index (χ2n) is 5.48. The van der Waals surface area contributed by atoms with E-state index in [9.17, 15) is 13.8 Å². The molecule has 3 rings (SSSR count). The van der Waals surface area contributed by atoms with E-state index in [4.69, 9.17) is 4.42 Å². The van der Waals surface area contributed by atoms with Crippen molar-refractivity contribution in [1.29, 1.82) is 0 Å². The van der Waals surface area contributed by atoms with Crippen LogP contribution in [0.3, 0.4) is 0 Å². The summed E-state index contributed by atoms with van der Waals surface area (Å²) in [7, 11) is 0.154. The number of furan rings is 1. The smallest absolute Gasteiger partial charge is 0.311 e. The Hall–Kier alpha value is -2.13. The van der Waals surface area contributed by atoms with Crippen LogP contribution in [0.1, 0.15) is 10.5 Å². The number of aromatic nitrogens is 1. The molecule has 3 heterocycles. The van der Waals surface area contributed by atoms with Gasteiger partial charge in [0.1, 0.15) is 15.6 Å². The molecule has 2 aromatic rings. The highest BCUT2D eigenvalue weighted by molar-refractivity contribution is 7.91. The van der Waals surface area contributed by atoms with Gasteiger partial charge in [-0.05, 0) is 0 Å². The van der Waals surface area contributed by atoms with E-state index in [1.807, 2.05) is 0 Å². The Balaban J connectivity index is 1.81. The van der Waals surface area contributed by atoms with Crippen molar-refractivity contribution >= 4 is 32.9 Å². The second-order valence-corrected chi connectivity index (χ2v) is 7.71.